The van der Waals surface area contributed by atoms with Crippen molar-refractivity contribution in [3.05, 3.63) is 12.8 Å². The second kappa shape index (κ2) is 2.89. The smallest absolute Gasteiger partial charge is 0.000214 e. The molecule has 1 nitrogen and oxygen atoms in total. The molecule has 0 saturated heterocycles. The van der Waals surface area contributed by atoms with Gasteiger partial charge in [-0.15, -0.1) is 0 Å². The van der Waals surface area contributed by atoms with Crippen LogP contribution in [0, 0.1) is 0 Å². The molecule has 0 fully saturated rings. The molecule has 0 aliphatic carbocycles. The largest absolute Gasteiger partial charge is 0.340 e. The number of hydrogen-bond acceptors (Lipinski definition) is 2. The SMILES string of the molecule is C=CNS. The Morgan fingerprint density at radius 2 is 2.25 bits per heavy atom. The van der Waals surface area contributed by atoms with Gasteiger partial charge in [0, 0.05) is 0 Å². The van der Waals surface area contributed by atoms with Gasteiger partial charge in [-0.3, -0.25) is 0 Å². The Kier molecular flexibility index (Phi) is 2.81. The molecular formula is C2H5NS. The minimum absolute atomic E-state index is 1.49. The van der Waals surface area contributed by atoms with Gasteiger partial charge in [-0.05, 0) is 6.20 Å². The van der Waals surface area contributed by atoms with Crippen LogP contribution < -0.4 is 4.72 Å². The molecule has 0 amide bonds. The zero-order valence-corrected chi connectivity index (χ0v) is 3.13. The Hall–Kier alpha value is -0.110. The maximum absolute atomic E-state index is 3.55. The first-order valence-electron chi connectivity index (χ1n) is 0.921. The van der Waals surface area contributed by atoms with Crippen molar-refractivity contribution in [2.24, 2.45) is 0 Å². The van der Waals surface area contributed by atoms with Gasteiger partial charge in [0.05, 0.1) is 0 Å². The predicted molar refractivity (Wildman–Crippen MR) is 22.3 cm³/mol. The van der Waals surface area contributed by atoms with Crippen molar-refractivity contribution in [1.29, 1.82) is 0 Å². The van der Waals surface area contributed by atoms with E-state index in [1.807, 2.05) is 0 Å². The van der Waals surface area contributed by atoms with Crippen molar-refractivity contribution in [2.45, 2.75) is 0 Å². The molecule has 0 spiro atoms. The molecule has 0 bridgehead atoms. The van der Waals surface area contributed by atoms with E-state index in [1.54, 1.807) is 0 Å². The highest BCUT2D eigenvalue weighted by Crippen LogP contribution is 1.50. The van der Waals surface area contributed by atoms with Gasteiger partial charge in [-0.1, -0.05) is 19.4 Å². The summed E-state index contributed by atoms with van der Waals surface area (Å²) in [6, 6.07) is 0. The number of hydrogen-bond donors (Lipinski definition) is 2. The third-order valence-electron chi connectivity index (χ3n) is 0.0913. The molecule has 0 heterocycles. The van der Waals surface area contributed by atoms with Crippen LogP contribution in [0.2, 0.25) is 0 Å². The van der Waals surface area contributed by atoms with E-state index >= 15 is 0 Å². The number of nitrogens with one attached hydrogen (secondary N) is 1. The van der Waals surface area contributed by atoms with Crippen molar-refractivity contribution >= 4 is 12.8 Å². The summed E-state index contributed by atoms with van der Waals surface area (Å²) in [7, 11) is 0. The Balaban J connectivity index is 2.30. The molecule has 0 aromatic heterocycles. The summed E-state index contributed by atoms with van der Waals surface area (Å²) >= 11 is 3.55. The summed E-state index contributed by atoms with van der Waals surface area (Å²) in [6.07, 6.45) is 1.49. The highest BCUT2D eigenvalue weighted by Gasteiger charge is 1.36. The summed E-state index contributed by atoms with van der Waals surface area (Å²) in [5, 5.41) is 0. The van der Waals surface area contributed by atoms with Crippen LogP contribution >= 0.6 is 12.8 Å². The molecule has 0 radical (unpaired) electrons. The predicted octanol–water partition coefficient (Wildman–Crippen LogP) is 0.564. The van der Waals surface area contributed by atoms with Crippen molar-refractivity contribution in [2.75, 3.05) is 0 Å². The minimum Gasteiger partial charge on any atom is -0.340 e. The molecule has 0 saturated carbocycles. The first kappa shape index (κ1) is 3.89. The van der Waals surface area contributed by atoms with Crippen LogP contribution in [0.3, 0.4) is 0 Å². The Morgan fingerprint density at radius 3 is 2.25 bits per heavy atom. The molecule has 0 aromatic carbocycles. The maximum atomic E-state index is 3.55. The summed E-state index contributed by atoms with van der Waals surface area (Å²) in [4.78, 5) is 0. The highest BCUT2D eigenvalue weighted by atomic mass is 32.1. The van der Waals surface area contributed by atoms with Crippen molar-refractivity contribution < 1.29 is 0 Å². The topological polar surface area (TPSA) is 12.0 Å². The Morgan fingerprint density at radius 1 is 2.00 bits per heavy atom. The maximum Gasteiger partial charge on any atom is -0.000214 e. The van der Waals surface area contributed by atoms with Gasteiger partial charge in [0.2, 0.25) is 0 Å². The van der Waals surface area contributed by atoms with Crippen LogP contribution in [-0.4, -0.2) is 0 Å². The fourth-order valence-corrected chi connectivity index (χ4v) is 0. The van der Waals surface area contributed by atoms with Crippen LogP contribution in [0.4, 0.5) is 0 Å². The minimum atomic E-state index is 1.49. The second-order valence-electron chi connectivity index (χ2n) is 0.333. The standard InChI is InChI=1S/C2H5NS/c1-2-3-4/h2-4H,1H2. The van der Waals surface area contributed by atoms with E-state index in [0.29, 0.717) is 0 Å². The third kappa shape index (κ3) is 1.89. The first-order valence-corrected chi connectivity index (χ1v) is 1.37. The second-order valence-corrected chi connectivity index (χ2v) is 0.591. The molecule has 0 aliphatic heterocycles. The van der Waals surface area contributed by atoms with Gasteiger partial charge < -0.3 is 4.72 Å². The fourth-order valence-electron chi connectivity index (χ4n) is 0. The van der Waals surface area contributed by atoms with E-state index in [0.717, 1.165) is 0 Å². The lowest BCUT2D eigenvalue weighted by Crippen LogP contribution is -1.74. The van der Waals surface area contributed by atoms with Crippen molar-refractivity contribution in [1.82, 2.24) is 4.72 Å². The Bertz CT molecular complexity index is 20.0. The van der Waals surface area contributed by atoms with Crippen molar-refractivity contribution in [3.8, 4) is 0 Å². The summed E-state index contributed by atoms with van der Waals surface area (Å²) in [5.74, 6) is 0. The fraction of sp³-hybridized carbons (Fsp3) is 0. The molecule has 1 N–H and O–H groups in total. The van der Waals surface area contributed by atoms with Gasteiger partial charge in [-0.2, -0.15) is 0 Å². The zero-order chi connectivity index (χ0) is 3.41. The lowest BCUT2D eigenvalue weighted by atomic mass is 11.1. The average Bonchev–Trinajstić information content (AvgIpc) is 1.37. The molecule has 2 heteroatoms. The van der Waals surface area contributed by atoms with Gasteiger partial charge in [0.25, 0.3) is 0 Å². The van der Waals surface area contributed by atoms with Gasteiger partial charge in [0.1, 0.15) is 0 Å². The molecule has 0 unspecified atom stereocenters. The summed E-state index contributed by atoms with van der Waals surface area (Å²) in [6.45, 7) is 3.29. The molecule has 24 valence electrons. The first-order chi connectivity index (χ1) is 1.91. The monoisotopic (exact) mass is 75.0 g/mol. The summed E-state index contributed by atoms with van der Waals surface area (Å²) in [5.41, 5.74) is 0. The Labute approximate surface area is 31.3 Å². The van der Waals surface area contributed by atoms with E-state index in [9.17, 15) is 0 Å². The lowest BCUT2D eigenvalue weighted by Gasteiger charge is -1.69. The number of rotatable bonds is 1. The van der Waals surface area contributed by atoms with E-state index < -0.39 is 0 Å². The number of thiol groups is 1. The highest BCUT2D eigenvalue weighted by molar-refractivity contribution is 7.78. The normalized spacial score (nSPS) is 5.25. The van der Waals surface area contributed by atoms with Gasteiger partial charge in [-0.25, -0.2) is 0 Å². The van der Waals surface area contributed by atoms with Crippen LogP contribution in [0.1, 0.15) is 0 Å². The van der Waals surface area contributed by atoms with Crippen LogP contribution in [-0.2, 0) is 0 Å². The average molecular weight is 75.1 g/mol. The van der Waals surface area contributed by atoms with Crippen LogP contribution in [0.15, 0.2) is 12.8 Å². The van der Waals surface area contributed by atoms with Gasteiger partial charge >= 0.3 is 0 Å². The molecule has 4 heavy (non-hydrogen) atoms. The molecule has 0 aliphatic rings. The van der Waals surface area contributed by atoms with Gasteiger partial charge in [0.15, 0.2) is 0 Å². The molecule has 0 aromatic rings. The van der Waals surface area contributed by atoms with E-state index in [-0.39, 0.29) is 0 Å². The van der Waals surface area contributed by atoms with E-state index in [1.165, 1.54) is 6.20 Å². The third-order valence-corrected chi connectivity index (χ3v) is 0.274. The van der Waals surface area contributed by atoms with Crippen LogP contribution in [0.5, 0.6) is 0 Å². The molecular weight excluding hydrogens is 70.1 g/mol. The van der Waals surface area contributed by atoms with E-state index in [2.05, 4.69) is 24.1 Å². The zero-order valence-electron chi connectivity index (χ0n) is 2.23. The van der Waals surface area contributed by atoms with Crippen LogP contribution in [0.25, 0.3) is 0 Å². The molecule has 0 rings (SSSR count). The lowest BCUT2D eigenvalue weighted by molar-refractivity contribution is 1.46. The van der Waals surface area contributed by atoms with Crippen molar-refractivity contribution in [3.63, 3.8) is 0 Å². The quantitative estimate of drug-likeness (QED) is 0.434. The van der Waals surface area contributed by atoms with E-state index in [4.69, 9.17) is 0 Å². The summed E-state index contributed by atoms with van der Waals surface area (Å²) < 4.78 is 2.39. The molecule has 0 atom stereocenters.